The zero-order chi connectivity index (χ0) is 13.0. The van der Waals surface area contributed by atoms with E-state index in [0.717, 1.165) is 35.3 Å². The molecule has 1 unspecified atom stereocenters. The summed E-state index contributed by atoms with van der Waals surface area (Å²) in [6.07, 6.45) is 1.79. The number of hydrogen-bond acceptors (Lipinski definition) is 3. The minimum atomic E-state index is 0. The number of carbonyl (C=O) groups is 1. The average molecular weight is 323 g/mol. The van der Waals surface area contributed by atoms with Crippen LogP contribution in [0.4, 0.5) is 0 Å². The molecule has 3 nitrogen and oxygen atoms in total. The maximum atomic E-state index is 12.2. The molecule has 0 saturated carbocycles. The lowest BCUT2D eigenvalue weighted by Gasteiger charge is -2.21. The lowest BCUT2D eigenvalue weighted by atomic mass is 10.0. The highest BCUT2D eigenvalue weighted by molar-refractivity contribution is 7.16. The summed E-state index contributed by atoms with van der Waals surface area (Å²) >= 11 is 7.46. The number of amides is 1. The van der Waals surface area contributed by atoms with E-state index in [4.69, 9.17) is 11.6 Å². The molecule has 1 saturated heterocycles. The van der Waals surface area contributed by atoms with Crippen LogP contribution >= 0.6 is 35.3 Å². The summed E-state index contributed by atoms with van der Waals surface area (Å²) in [4.78, 5) is 15.3. The second-order valence-corrected chi connectivity index (χ2v) is 6.48. The second kappa shape index (κ2) is 8.10. The second-order valence-electron chi connectivity index (χ2n) is 4.68. The Hall–Kier alpha value is -0.290. The van der Waals surface area contributed by atoms with E-state index in [0.29, 0.717) is 18.9 Å². The molecule has 1 N–H and O–H groups in total. The van der Waals surface area contributed by atoms with Gasteiger partial charge in [0.2, 0.25) is 5.91 Å². The van der Waals surface area contributed by atoms with Gasteiger partial charge in [0.25, 0.3) is 0 Å². The van der Waals surface area contributed by atoms with Gasteiger partial charge in [-0.2, -0.15) is 0 Å². The first-order valence-electron chi connectivity index (χ1n) is 6.41. The Morgan fingerprint density at radius 2 is 2.37 bits per heavy atom. The largest absolute Gasteiger partial charge is 0.338 e. The Balaban J connectivity index is 0.00000180. The molecule has 0 radical (unpaired) electrons. The fraction of sp³-hybridized carbons (Fsp3) is 0.615. The van der Waals surface area contributed by atoms with Crippen LogP contribution in [0.1, 0.15) is 24.6 Å². The van der Waals surface area contributed by atoms with Crippen LogP contribution in [0.25, 0.3) is 0 Å². The summed E-state index contributed by atoms with van der Waals surface area (Å²) < 4.78 is 0.786. The van der Waals surface area contributed by atoms with Gasteiger partial charge in [-0.1, -0.05) is 11.6 Å². The zero-order valence-corrected chi connectivity index (χ0v) is 13.4. The molecule has 0 aromatic carbocycles. The van der Waals surface area contributed by atoms with Gasteiger partial charge in [-0.15, -0.1) is 23.7 Å². The predicted molar refractivity (Wildman–Crippen MR) is 83.3 cm³/mol. The summed E-state index contributed by atoms with van der Waals surface area (Å²) in [7, 11) is 0. The lowest BCUT2D eigenvalue weighted by Crippen LogP contribution is -2.31. The molecule has 1 aliphatic rings. The first-order chi connectivity index (χ1) is 8.69. The number of halogens is 2. The van der Waals surface area contributed by atoms with E-state index in [2.05, 4.69) is 5.32 Å². The van der Waals surface area contributed by atoms with Crippen molar-refractivity contribution in [3.8, 4) is 0 Å². The molecule has 0 spiro atoms. The molecule has 1 amide bonds. The van der Waals surface area contributed by atoms with E-state index in [-0.39, 0.29) is 18.3 Å². The van der Waals surface area contributed by atoms with Crippen molar-refractivity contribution in [1.29, 1.82) is 0 Å². The van der Waals surface area contributed by atoms with Gasteiger partial charge in [-0.3, -0.25) is 4.79 Å². The van der Waals surface area contributed by atoms with Gasteiger partial charge in [0.05, 0.1) is 10.9 Å². The van der Waals surface area contributed by atoms with Crippen molar-refractivity contribution >= 4 is 41.3 Å². The van der Waals surface area contributed by atoms with Crippen molar-refractivity contribution in [2.75, 3.05) is 19.6 Å². The molecule has 108 valence electrons. The number of nitrogens with zero attached hydrogens (tertiary/aromatic N) is 1. The number of hydrogen-bond donors (Lipinski definition) is 1. The van der Waals surface area contributed by atoms with Crippen LogP contribution in [0.2, 0.25) is 4.34 Å². The lowest BCUT2D eigenvalue weighted by molar-refractivity contribution is -0.132. The maximum absolute atomic E-state index is 12.2. The molecule has 2 heterocycles. The first kappa shape index (κ1) is 16.8. The molecule has 19 heavy (non-hydrogen) atoms. The summed E-state index contributed by atoms with van der Waals surface area (Å²) in [5.41, 5.74) is 0. The van der Waals surface area contributed by atoms with Crippen molar-refractivity contribution in [2.45, 2.75) is 26.3 Å². The van der Waals surface area contributed by atoms with Crippen LogP contribution in [0, 0.1) is 5.92 Å². The van der Waals surface area contributed by atoms with Gasteiger partial charge < -0.3 is 10.2 Å². The standard InChI is InChI=1S/C13H19ClN2OS.ClH/c1-2-16(9-11-3-4-12(14)18-11)13(17)7-10-5-6-15-8-10;/h3-4,10,15H,2,5-9H2,1H3;1H. The highest BCUT2D eigenvalue weighted by atomic mass is 35.5. The fourth-order valence-corrected chi connectivity index (χ4v) is 3.37. The molecule has 6 heteroatoms. The average Bonchev–Trinajstić information content (AvgIpc) is 2.97. The van der Waals surface area contributed by atoms with Gasteiger partial charge >= 0.3 is 0 Å². The predicted octanol–water partition coefficient (Wildman–Crippen LogP) is 3.17. The topological polar surface area (TPSA) is 32.3 Å². The van der Waals surface area contributed by atoms with Crippen LogP contribution in [0.3, 0.4) is 0 Å². The van der Waals surface area contributed by atoms with Crippen molar-refractivity contribution < 1.29 is 4.79 Å². The van der Waals surface area contributed by atoms with E-state index in [1.165, 1.54) is 0 Å². The van der Waals surface area contributed by atoms with Crippen LogP contribution in [0.15, 0.2) is 12.1 Å². The van der Waals surface area contributed by atoms with Crippen molar-refractivity contribution in [1.82, 2.24) is 10.2 Å². The Morgan fingerprint density at radius 1 is 1.58 bits per heavy atom. The van der Waals surface area contributed by atoms with Gasteiger partial charge in [0, 0.05) is 17.8 Å². The maximum Gasteiger partial charge on any atom is 0.223 e. The van der Waals surface area contributed by atoms with Gasteiger partial charge in [0.1, 0.15) is 0 Å². The highest BCUT2D eigenvalue weighted by Crippen LogP contribution is 2.23. The van der Waals surface area contributed by atoms with Gasteiger partial charge in [-0.05, 0) is 44.5 Å². The Labute approximate surface area is 129 Å². The summed E-state index contributed by atoms with van der Waals surface area (Å²) in [5.74, 6) is 0.772. The monoisotopic (exact) mass is 322 g/mol. The van der Waals surface area contributed by atoms with Crippen molar-refractivity contribution in [3.63, 3.8) is 0 Å². The van der Waals surface area contributed by atoms with Crippen LogP contribution in [-0.2, 0) is 11.3 Å². The molecule has 1 atom stereocenters. The third-order valence-electron chi connectivity index (χ3n) is 3.34. The first-order valence-corrected chi connectivity index (χ1v) is 7.61. The molecular formula is C13H20Cl2N2OS. The smallest absolute Gasteiger partial charge is 0.223 e. The van der Waals surface area contributed by atoms with E-state index in [1.54, 1.807) is 11.3 Å². The summed E-state index contributed by atoms with van der Waals surface area (Å²) in [6, 6.07) is 3.89. The quantitative estimate of drug-likeness (QED) is 0.903. The summed E-state index contributed by atoms with van der Waals surface area (Å²) in [5, 5.41) is 3.30. The number of carbonyl (C=O) groups excluding carboxylic acids is 1. The molecule has 1 aliphatic heterocycles. The van der Waals surface area contributed by atoms with Crippen LogP contribution in [-0.4, -0.2) is 30.4 Å². The van der Waals surface area contributed by atoms with Crippen LogP contribution in [0.5, 0.6) is 0 Å². The molecular weight excluding hydrogens is 303 g/mol. The molecule has 0 aliphatic carbocycles. The fourth-order valence-electron chi connectivity index (χ4n) is 2.27. The molecule has 0 bridgehead atoms. The number of rotatable bonds is 5. The Morgan fingerprint density at radius 3 is 2.89 bits per heavy atom. The van der Waals surface area contributed by atoms with Crippen molar-refractivity contribution in [3.05, 3.63) is 21.3 Å². The van der Waals surface area contributed by atoms with E-state index in [1.807, 2.05) is 24.0 Å². The number of nitrogens with one attached hydrogen (secondary N) is 1. The minimum Gasteiger partial charge on any atom is -0.338 e. The third kappa shape index (κ3) is 4.95. The zero-order valence-electron chi connectivity index (χ0n) is 11.0. The Kier molecular flexibility index (Phi) is 7.15. The van der Waals surface area contributed by atoms with E-state index in [9.17, 15) is 4.79 Å². The summed E-state index contributed by atoms with van der Waals surface area (Å²) in [6.45, 7) is 5.50. The van der Waals surface area contributed by atoms with Crippen LogP contribution < -0.4 is 5.32 Å². The molecule has 1 aromatic rings. The Bertz CT molecular complexity index is 405. The third-order valence-corrected chi connectivity index (χ3v) is 4.55. The van der Waals surface area contributed by atoms with E-state index >= 15 is 0 Å². The minimum absolute atomic E-state index is 0. The molecule has 2 rings (SSSR count). The SMILES string of the molecule is CCN(Cc1ccc(Cl)s1)C(=O)CC1CCNC1.Cl. The molecule has 1 fully saturated rings. The van der Waals surface area contributed by atoms with E-state index < -0.39 is 0 Å². The normalized spacial score (nSPS) is 18.1. The molecule has 1 aromatic heterocycles. The van der Waals surface area contributed by atoms with Gasteiger partial charge in [0.15, 0.2) is 0 Å². The van der Waals surface area contributed by atoms with Crippen molar-refractivity contribution in [2.24, 2.45) is 5.92 Å². The van der Waals surface area contributed by atoms with Gasteiger partial charge in [-0.25, -0.2) is 0 Å². The highest BCUT2D eigenvalue weighted by Gasteiger charge is 2.21. The number of thiophene rings is 1.